The summed E-state index contributed by atoms with van der Waals surface area (Å²) in [5.74, 6) is -1.65. The summed E-state index contributed by atoms with van der Waals surface area (Å²) in [6, 6.07) is 4.09. The van der Waals surface area contributed by atoms with Crippen molar-refractivity contribution in [2.45, 2.75) is 24.3 Å². The first kappa shape index (κ1) is 24.7. The molecule has 0 N–H and O–H groups in total. The monoisotopic (exact) mass is 524 g/mol. The van der Waals surface area contributed by atoms with Crippen molar-refractivity contribution in [2.24, 2.45) is 0 Å². The van der Waals surface area contributed by atoms with Gasteiger partial charge < -0.3 is 14.4 Å². The van der Waals surface area contributed by atoms with E-state index in [9.17, 15) is 22.8 Å². The molecule has 1 fully saturated rings. The van der Waals surface area contributed by atoms with Crippen molar-refractivity contribution in [3.05, 3.63) is 53.1 Å². The van der Waals surface area contributed by atoms with Gasteiger partial charge in [0.25, 0.3) is 5.91 Å². The van der Waals surface area contributed by atoms with E-state index in [-0.39, 0.29) is 35.2 Å². The van der Waals surface area contributed by atoms with E-state index in [1.165, 1.54) is 24.3 Å². The van der Waals surface area contributed by atoms with E-state index < -0.39 is 35.7 Å². The maximum atomic E-state index is 14.0. The number of fused-ring (bicyclic) bond motifs is 1. The lowest BCUT2D eigenvalue weighted by Crippen LogP contribution is -2.62. The first-order chi connectivity index (χ1) is 16.7. The fraction of sp³-hybridized carbons (Fsp3) is 0.273. The topological polar surface area (TPSA) is 95.8 Å². The minimum atomic E-state index is -3.12. The highest BCUT2D eigenvalue weighted by Crippen LogP contribution is 2.47. The minimum absolute atomic E-state index is 0.00570. The van der Waals surface area contributed by atoms with Gasteiger partial charge in [0.1, 0.15) is 11.0 Å². The quantitative estimate of drug-likeness (QED) is 0.518. The Kier molecular flexibility index (Phi) is 7.09. The Hall–Kier alpha value is -3.43. The first-order valence-corrected chi connectivity index (χ1v) is 11.3. The predicted molar refractivity (Wildman–Crippen MR) is 122 cm³/mol. The third kappa shape index (κ3) is 4.74. The number of pyridine rings is 1. The van der Waals surface area contributed by atoms with Crippen molar-refractivity contribution in [1.82, 2.24) is 9.88 Å². The molecule has 2 aliphatic heterocycles. The Morgan fingerprint density at radius 1 is 1.29 bits per heavy atom. The maximum absolute atomic E-state index is 14.0. The summed E-state index contributed by atoms with van der Waals surface area (Å²) in [5, 5.41) is 8.32. The van der Waals surface area contributed by atoms with Gasteiger partial charge in [-0.3, -0.25) is 9.78 Å². The van der Waals surface area contributed by atoms with Gasteiger partial charge in [-0.15, -0.1) is 11.8 Å². The molecule has 0 spiro atoms. The molecule has 182 valence electrons. The van der Waals surface area contributed by atoms with Gasteiger partial charge in [-0.05, 0) is 18.2 Å². The van der Waals surface area contributed by atoms with Crippen LogP contribution < -0.4 is 14.4 Å². The molecule has 1 aromatic carbocycles. The zero-order valence-electron chi connectivity index (χ0n) is 18.0. The van der Waals surface area contributed by atoms with Crippen molar-refractivity contribution in [2.75, 3.05) is 18.6 Å². The van der Waals surface area contributed by atoms with E-state index in [0.717, 1.165) is 35.0 Å². The highest BCUT2D eigenvalue weighted by molar-refractivity contribution is 8.09. The number of carbonyl (C=O) groups is 2. The van der Waals surface area contributed by atoms with Crippen LogP contribution in [0, 0.1) is 17.1 Å². The Morgan fingerprint density at radius 2 is 2.06 bits per heavy atom. The van der Waals surface area contributed by atoms with Crippen LogP contribution in [0.25, 0.3) is 4.91 Å². The molecule has 0 radical (unpaired) electrons. The lowest BCUT2D eigenvalue weighted by Gasteiger charge is -2.40. The minimum Gasteiger partial charge on any atom is -0.494 e. The number of aromatic nitrogens is 1. The zero-order chi connectivity index (χ0) is 25.3. The summed E-state index contributed by atoms with van der Waals surface area (Å²) in [7, 11) is 1.30. The van der Waals surface area contributed by atoms with E-state index >= 15 is 0 Å². The van der Waals surface area contributed by atoms with Gasteiger partial charge in [0.05, 0.1) is 48.7 Å². The van der Waals surface area contributed by atoms with Crippen LogP contribution in [0.2, 0.25) is 5.02 Å². The number of carbonyl (C=O) groups excluding carboxylic acids is 2. The molecule has 0 bridgehead atoms. The van der Waals surface area contributed by atoms with Gasteiger partial charge in [-0.1, -0.05) is 11.6 Å². The lowest BCUT2D eigenvalue weighted by molar-refractivity contribution is -0.119. The van der Waals surface area contributed by atoms with Crippen LogP contribution in [0.3, 0.4) is 0 Å². The van der Waals surface area contributed by atoms with E-state index in [0.29, 0.717) is 10.5 Å². The summed E-state index contributed by atoms with van der Waals surface area (Å²) in [4.78, 5) is 33.2. The average molecular weight is 525 g/mol. The highest BCUT2D eigenvalue weighted by atomic mass is 35.5. The zero-order valence-corrected chi connectivity index (χ0v) is 19.5. The first-order valence-electron chi connectivity index (χ1n) is 10.1. The summed E-state index contributed by atoms with van der Waals surface area (Å²) in [6.07, 6.45) is 3.85. The molecule has 2 unspecified atom stereocenters. The molecule has 1 saturated heterocycles. The molecule has 3 heterocycles. The van der Waals surface area contributed by atoms with Gasteiger partial charge >= 0.3 is 12.6 Å². The second-order valence-electron chi connectivity index (χ2n) is 7.34. The number of methoxy groups -OCH3 is 1. The number of anilines is 1. The van der Waals surface area contributed by atoms with Crippen LogP contribution in [0.5, 0.6) is 11.5 Å². The number of ether oxygens (including phenoxy) is 2. The number of halogens is 4. The smallest absolute Gasteiger partial charge is 0.387 e. The third-order valence-corrected chi connectivity index (χ3v) is 6.96. The summed E-state index contributed by atoms with van der Waals surface area (Å²) in [6.45, 7) is -3.11. The third-order valence-electron chi connectivity index (χ3n) is 5.30. The number of alkyl halides is 2. The van der Waals surface area contributed by atoms with E-state index in [1.54, 1.807) is 6.08 Å². The van der Waals surface area contributed by atoms with Crippen LogP contribution >= 0.6 is 23.4 Å². The fourth-order valence-corrected chi connectivity index (χ4v) is 5.46. The summed E-state index contributed by atoms with van der Waals surface area (Å²) in [5.41, 5.74) is 0.347. The van der Waals surface area contributed by atoms with Crippen molar-refractivity contribution < 1.29 is 32.2 Å². The molecule has 2 aromatic rings. The summed E-state index contributed by atoms with van der Waals surface area (Å²) < 4.78 is 48.7. The van der Waals surface area contributed by atoms with Gasteiger partial charge in [0, 0.05) is 23.1 Å². The highest BCUT2D eigenvalue weighted by Gasteiger charge is 2.50. The number of amides is 3. The number of nitriles is 1. The van der Waals surface area contributed by atoms with Gasteiger partial charge in [0.2, 0.25) is 0 Å². The number of urea groups is 1. The van der Waals surface area contributed by atoms with Crippen LogP contribution in [-0.4, -0.2) is 53.4 Å². The molecule has 0 aliphatic carbocycles. The lowest BCUT2D eigenvalue weighted by atomic mass is 10.0. The molecule has 1 aromatic heterocycles. The van der Waals surface area contributed by atoms with Gasteiger partial charge in [-0.25, -0.2) is 14.1 Å². The molecule has 35 heavy (non-hydrogen) atoms. The Morgan fingerprint density at radius 3 is 2.74 bits per heavy atom. The number of rotatable bonds is 7. The number of hydrogen-bond acceptors (Lipinski definition) is 7. The van der Waals surface area contributed by atoms with Crippen LogP contribution in [0.15, 0.2) is 36.7 Å². The van der Waals surface area contributed by atoms with Crippen molar-refractivity contribution in [3.8, 4) is 17.6 Å². The molecule has 13 heteroatoms. The molecule has 3 amide bonds. The predicted octanol–water partition coefficient (Wildman–Crippen LogP) is 4.69. The average Bonchev–Trinajstić information content (AvgIpc) is 3.24. The number of thioether (sulfide) groups is 1. The van der Waals surface area contributed by atoms with E-state index in [4.69, 9.17) is 21.6 Å². The molecular formula is C22H16ClF3N4O4S. The number of imide groups is 1. The number of hydrogen-bond donors (Lipinski definition) is 0. The molecule has 2 aliphatic rings. The van der Waals surface area contributed by atoms with E-state index in [2.05, 4.69) is 9.72 Å². The Balaban J connectivity index is 1.72. The van der Waals surface area contributed by atoms with E-state index in [1.807, 2.05) is 6.07 Å². The molecular weight excluding hydrogens is 509 g/mol. The largest absolute Gasteiger partial charge is 0.494 e. The molecule has 8 nitrogen and oxygen atoms in total. The van der Waals surface area contributed by atoms with Gasteiger partial charge in [0.15, 0.2) is 11.6 Å². The fourth-order valence-electron chi connectivity index (χ4n) is 3.79. The molecule has 2 atom stereocenters. The molecule has 4 rings (SSSR count). The normalized spacial score (nSPS) is 19.5. The standard InChI is InChI=1S/C22H16ClF3N4O4S/c1-33-17-6-13(14(23)7-15(17)24)18-8-16-19(35-18)20(31)30(22(32)29(16)4-2-3-27)11-5-12(10-28-9-11)34-21(25)26/h5-10,16,19,21H,2,4H2,1H3. The Bertz CT molecular complexity index is 1260. The summed E-state index contributed by atoms with van der Waals surface area (Å²) >= 11 is 7.36. The SMILES string of the molecule is COc1cc(C2=CC3C(S2)C(=O)N(c2cncc(OC(F)F)c2)C(=O)N3CCC#N)c(Cl)cc1F. The van der Waals surface area contributed by atoms with Crippen LogP contribution in [0.4, 0.5) is 23.7 Å². The van der Waals surface area contributed by atoms with Crippen LogP contribution in [-0.2, 0) is 4.79 Å². The maximum Gasteiger partial charge on any atom is 0.387 e. The Labute approximate surface area is 206 Å². The number of nitrogens with zero attached hydrogens (tertiary/aromatic N) is 4. The van der Waals surface area contributed by atoms with Crippen LogP contribution in [0.1, 0.15) is 12.0 Å². The van der Waals surface area contributed by atoms with Crippen molar-refractivity contribution in [3.63, 3.8) is 0 Å². The van der Waals surface area contributed by atoms with Crippen molar-refractivity contribution >= 4 is 45.9 Å². The molecule has 0 saturated carbocycles. The van der Waals surface area contributed by atoms with Crippen molar-refractivity contribution in [1.29, 1.82) is 5.26 Å². The number of benzene rings is 1. The second-order valence-corrected chi connectivity index (χ2v) is 8.93. The van der Waals surface area contributed by atoms with Gasteiger partial charge in [-0.2, -0.15) is 14.0 Å². The second kappa shape index (κ2) is 10.1.